The number of halogens is 2. The Hall–Kier alpha value is -3.82. The van der Waals surface area contributed by atoms with Gasteiger partial charge in [0.05, 0.1) is 19.1 Å². The number of rotatable bonds is 22. The number of nitrogens with zero attached hydrogens (tertiary/aromatic N) is 1. The summed E-state index contributed by atoms with van der Waals surface area (Å²) < 4.78 is 65.0. The number of ether oxygens (including phenoxy) is 2. The van der Waals surface area contributed by atoms with E-state index in [2.05, 4.69) is 5.32 Å². The standard InChI is InChI=1S/C36H48F2N2O13P2/c1-2-52-32(42)13-8-3-4-9-24-40-29(19-21-31(40)41)18-20-30(36(37,38)28-11-6-5-7-12-28)53-33(43)25-26-14-16-27(17-15-26)34(44)39-23-10-22-35(45,54(46,47)48)55(49,50)51/h5-7,11-12,14-18,20,29-30,45H,2-4,8-10,13,19,21-25H2,1H3,(H,39,44)(H2,46,47,48)(H2,49,50,51)/b20-18+/t29-,30?/m0/s1. The summed E-state index contributed by atoms with van der Waals surface area (Å²) in [7, 11) is -11.3. The van der Waals surface area contributed by atoms with Crippen molar-refractivity contribution in [2.75, 3.05) is 19.7 Å². The van der Waals surface area contributed by atoms with E-state index in [9.17, 15) is 53.0 Å². The Morgan fingerprint density at radius 2 is 1.58 bits per heavy atom. The highest BCUT2D eigenvalue weighted by Crippen LogP contribution is 2.69. The molecule has 1 unspecified atom stereocenters. The molecule has 1 saturated heterocycles. The molecule has 55 heavy (non-hydrogen) atoms. The van der Waals surface area contributed by atoms with Crippen molar-refractivity contribution in [2.45, 2.75) is 94.3 Å². The molecule has 3 rings (SSSR count). The minimum Gasteiger partial charge on any atom is -0.466 e. The van der Waals surface area contributed by atoms with Crippen LogP contribution in [0.2, 0.25) is 0 Å². The van der Waals surface area contributed by atoms with E-state index in [0.29, 0.717) is 44.4 Å². The van der Waals surface area contributed by atoms with Gasteiger partial charge < -0.3 is 44.4 Å². The summed E-state index contributed by atoms with van der Waals surface area (Å²) in [5.74, 6) is -5.70. The lowest BCUT2D eigenvalue weighted by molar-refractivity contribution is -0.167. The molecule has 1 fully saturated rings. The predicted molar refractivity (Wildman–Crippen MR) is 195 cm³/mol. The van der Waals surface area contributed by atoms with E-state index >= 15 is 8.78 Å². The Balaban J connectivity index is 1.62. The number of benzene rings is 2. The van der Waals surface area contributed by atoms with Gasteiger partial charge in [0.25, 0.3) is 11.0 Å². The van der Waals surface area contributed by atoms with Crippen molar-refractivity contribution >= 4 is 38.9 Å². The highest BCUT2D eigenvalue weighted by atomic mass is 31.2. The average molecular weight is 817 g/mol. The lowest BCUT2D eigenvalue weighted by Gasteiger charge is -2.29. The lowest BCUT2D eigenvalue weighted by Crippen LogP contribution is -2.36. The maximum absolute atomic E-state index is 15.9. The van der Waals surface area contributed by atoms with E-state index < -0.39 is 69.5 Å². The number of amides is 2. The van der Waals surface area contributed by atoms with E-state index in [0.717, 1.165) is 18.9 Å². The molecule has 1 aliphatic heterocycles. The molecule has 0 spiro atoms. The van der Waals surface area contributed by atoms with Crippen molar-refractivity contribution < 1.29 is 71.2 Å². The molecule has 0 aromatic heterocycles. The van der Waals surface area contributed by atoms with Crippen LogP contribution in [0.4, 0.5) is 8.78 Å². The summed E-state index contributed by atoms with van der Waals surface area (Å²) in [5, 5.41) is 8.73. The fraction of sp³-hybridized carbons (Fsp3) is 0.500. The summed E-state index contributed by atoms with van der Waals surface area (Å²) in [5.41, 5.74) is -0.000250. The topological polar surface area (TPSA) is 237 Å². The minimum absolute atomic E-state index is 0.0705. The number of likely N-dealkylation sites (tertiary alicyclic amines) is 1. The first-order valence-corrected chi connectivity index (χ1v) is 21.0. The fourth-order valence-corrected chi connectivity index (χ4v) is 8.14. The van der Waals surface area contributed by atoms with Gasteiger partial charge >= 0.3 is 33.1 Å². The van der Waals surface area contributed by atoms with Crippen molar-refractivity contribution in [3.8, 4) is 0 Å². The van der Waals surface area contributed by atoms with Crippen LogP contribution in [0.25, 0.3) is 0 Å². The molecule has 2 atom stereocenters. The smallest absolute Gasteiger partial charge is 0.369 e. The fourth-order valence-electron chi connectivity index (χ4n) is 5.89. The third-order valence-electron chi connectivity index (χ3n) is 8.96. The zero-order chi connectivity index (χ0) is 40.9. The van der Waals surface area contributed by atoms with Gasteiger partial charge in [-0.25, -0.2) is 0 Å². The number of hydrogen-bond donors (Lipinski definition) is 6. The quantitative estimate of drug-likeness (QED) is 0.0416. The Morgan fingerprint density at radius 3 is 2.20 bits per heavy atom. The third-order valence-corrected chi connectivity index (χ3v) is 12.8. The van der Waals surface area contributed by atoms with Gasteiger partial charge in [-0.05, 0) is 56.4 Å². The van der Waals surface area contributed by atoms with Crippen molar-refractivity contribution in [1.82, 2.24) is 10.2 Å². The molecule has 2 aromatic rings. The van der Waals surface area contributed by atoms with Gasteiger partial charge in [-0.1, -0.05) is 61.4 Å². The molecular formula is C36H48F2N2O13P2. The van der Waals surface area contributed by atoms with Gasteiger partial charge in [-0.15, -0.1) is 0 Å². The van der Waals surface area contributed by atoms with Crippen LogP contribution < -0.4 is 5.32 Å². The molecular weight excluding hydrogens is 768 g/mol. The van der Waals surface area contributed by atoms with Crippen LogP contribution in [0.3, 0.4) is 0 Å². The molecule has 19 heteroatoms. The van der Waals surface area contributed by atoms with Crippen LogP contribution in [-0.4, -0.2) is 90.3 Å². The van der Waals surface area contributed by atoms with Crippen molar-refractivity contribution in [3.05, 3.63) is 83.4 Å². The van der Waals surface area contributed by atoms with E-state index in [4.69, 9.17) is 9.47 Å². The SMILES string of the molecule is CCOC(=O)CCCCCCN1C(=O)CC[C@@H]1/C=C/C(OC(=O)Cc1ccc(C(=O)NCCCC(O)(P(=O)(O)O)P(=O)(O)O)cc1)C(F)(F)c1ccccc1. The maximum atomic E-state index is 15.9. The highest BCUT2D eigenvalue weighted by molar-refractivity contribution is 7.72. The predicted octanol–water partition coefficient (Wildman–Crippen LogP) is 4.51. The summed E-state index contributed by atoms with van der Waals surface area (Å²) >= 11 is 0. The van der Waals surface area contributed by atoms with Crippen LogP contribution in [0, 0.1) is 0 Å². The van der Waals surface area contributed by atoms with Gasteiger partial charge in [-0.3, -0.25) is 28.3 Å². The Labute approximate surface area is 317 Å². The molecule has 6 N–H and O–H groups in total. The van der Waals surface area contributed by atoms with Gasteiger partial charge in [0, 0.05) is 43.5 Å². The van der Waals surface area contributed by atoms with E-state index in [1.165, 1.54) is 54.6 Å². The second-order valence-corrected chi connectivity index (χ2v) is 17.1. The first-order valence-electron chi connectivity index (χ1n) is 17.8. The molecule has 1 heterocycles. The third kappa shape index (κ3) is 13.1. The van der Waals surface area contributed by atoms with Gasteiger partial charge in [-0.2, -0.15) is 8.78 Å². The molecule has 1 aliphatic rings. The van der Waals surface area contributed by atoms with E-state index in [1.54, 1.807) is 17.9 Å². The summed E-state index contributed by atoms with van der Waals surface area (Å²) in [6.07, 6.45) is 2.47. The number of unbranched alkanes of at least 4 members (excludes halogenated alkanes) is 3. The Bertz CT molecular complexity index is 1710. The number of alkyl halides is 2. The van der Waals surface area contributed by atoms with E-state index in [-0.39, 0.29) is 36.0 Å². The second kappa shape index (κ2) is 20.4. The summed E-state index contributed by atoms with van der Waals surface area (Å²) in [6.45, 7) is 2.14. The summed E-state index contributed by atoms with van der Waals surface area (Å²) in [4.78, 5) is 88.3. The van der Waals surface area contributed by atoms with Crippen molar-refractivity contribution in [1.29, 1.82) is 0 Å². The average Bonchev–Trinajstić information content (AvgIpc) is 3.47. The number of carbonyl (C=O) groups is 4. The Morgan fingerprint density at radius 1 is 0.945 bits per heavy atom. The van der Waals surface area contributed by atoms with Crippen LogP contribution in [0.15, 0.2) is 66.7 Å². The number of esters is 2. The lowest BCUT2D eigenvalue weighted by atomic mass is 10.0. The zero-order valence-corrected chi connectivity index (χ0v) is 32.1. The molecule has 304 valence electrons. The molecule has 0 radical (unpaired) electrons. The molecule has 2 amide bonds. The Kier molecular flexibility index (Phi) is 16.9. The van der Waals surface area contributed by atoms with Gasteiger partial charge in [0.1, 0.15) is 0 Å². The number of nitrogens with one attached hydrogen (secondary N) is 1. The second-order valence-electron chi connectivity index (χ2n) is 13.0. The first kappa shape index (κ1) is 45.6. The number of aliphatic hydroxyl groups is 1. The first-order chi connectivity index (χ1) is 25.8. The number of carbonyl (C=O) groups excluding carboxylic acids is 4. The van der Waals surface area contributed by atoms with Crippen LogP contribution in [0.1, 0.15) is 86.2 Å². The van der Waals surface area contributed by atoms with Gasteiger partial charge in [0.15, 0.2) is 6.10 Å². The molecule has 2 aromatic carbocycles. The van der Waals surface area contributed by atoms with Crippen LogP contribution in [-0.2, 0) is 45.3 Å². The molecule has 0 aliphatic carbocycles. The molecule has 0 bridgehead atoms. The largest absolute Gasteiger partial charge is 0.466 e. The normalized spacial score (nSPS) is 16.0. The molecule has 15 nitrogen and oxygen atoms in total. The minimum atomic E-state index is -5.64. The van der Waals surface area contributed by atoms with E-state index in [1.807, 2.05) is 0 Å². The number of hydrogen-bond acceptors (Lipinski definition) is 9. The maximum Gasteiger partial charge on any atom is 0.369 e. The van der Waals surface area contributed by atoms with Crippen LogP contribution in [0.5, 0.6) is 0 Å². The van der Waals surface area contributed by atoms with Crippen molar-refractivity contribution in [2.24, 2.45) is 0 Å². The van der Waals surface area contributed by atoms with Crippen LogP contribution >= 0.6 is 15.2 Å². The van der Waals surface area contributed by atoms with Crippen molar-refractivity contribution in [3.63, 3.8) is 0 Å². The summed E-state index contributed by atoms with van der Waals surface area (Å²) in [6, 6.07) is 11.8. The highest BCUT2D eigenvalue weighted by Gasteiger charge is 2.58. The zero-order valence-electron chi connectivity index (χ0n) is 30.3. The monoisotopic (exact) mass is 816 g/mol. The van der Waals surface area contributed by atoms with Gasteiger partial charge in [0.2, 0.25) is 5.91 Å². The molecule has 0 saturated carbocycles.